The van der Waals surface area contributed by atoms with E-state index in [9.17, 15) is 4.79 Å². The van der Waals surface area contributed by atoms with Gasteiger partial charge in [-0.2, -0.15) is 0 Å². The third-order valence-corrected chi connectivity index (χ3v) is 5.53. The van der Waals surface area contributed by atoms with Crippen molar-refractivity contribution in [2.75, 3.05) is 0 Å². The number of aryl methyl sites for hydroxylation is 4. The molecule has 132 valence electrons. The number of pyridine rings is 1. The summed E-state index contributed by atoms with van der Waals surface area (Å²) in [7, 11) is 0. The third kappa shape index (κ3) is 4.83. The first kappa shape index (κ1) is 19.5. The summed E-state index contributed by atoms with van der Waals surface area (Å²) in [6.07, 6.45) is 4.14. The second-order valence-corrected chi connectivity index (χ2v) is 7.29. The average molecular weight is 374 g/mol. The fourth-order valence-electron chi connectivity index (χ4n) is 2.95. The van der Waals surface area contributed by atoms with Crippen molar-refractivity contribution in [1.82, 2.24) is 4.98 Å². The Morgan fingerprint density at radius 1 is 1.04 bits per heavy atom. The molecule has 0 unspecified atom stereocenters. The van der Waals surface area contributed by atoms with Gasteiger partial charge in [-0.3, -0.25) is 4.79 Å². The summed E-state index contributed by atoms with van der Waals surface area (Å²) in [5, 5.41) is 0. The zero-order valence-corrected chi connectivity index (χ0v) is 16.3. The maximum absolute atomic E-state index is 11.9. The normalized spacial score (nSPS) is 10.5. The Bertz CT molecular complexity index is 867. The number of hydrogen-bond donors (Lipinski definition) is 1. The molecule has 2 nitrogen and oxygen atoms in total. The van der Waals surface area contributed by atoms with Gasteiger partial charge in [0.1, 0.15) is 0 Å². The number of nitrogens with one attached hydrogen (secondary N) is 1. The Morgan fingerprint density at radius 2 is 1.80 bits per heavy atom. The number of H-pyrrole nitrogens is 1. The van der Waals surface area contributed by atoms with Crippen LogP contribution >= 0.6 is 23.7 Å². The maximum Gasteiger partial charge on any atom is 0.251 e. The first-order valence-electron chi connectivity index (χ1n) is 8.53. The van der Waals surface area contributed by atoms with Gasteiger partial charge >= 0.3 is 0 Å². The highest BCUT2D eigenvalue weighted by Crippen LogP contribution is 2.30. The summed E-state index contributed by atoms with van der Waals surface area (Å²) < 4.78 is 0. The molecule has 25 heavy (non-hydrogen) atoms. The van der Waals surface area contributed by atoms with Gasteiger partial charge in [0.05, 0.1) is 0 Å². The topological polar surface area (TPSA) is 32.9 Å². The van der Waals surface area contributed by atoms with Crippen LogP contribution in [0.25, 0.3) is 10.4 Å². The zero-order valence-electron chi connectivity index (χ0n) is 14.7. The highest BCUT2D eigenvalue weighted by atomic mass is 35.5. The van der Waals surface area contributed by atoms with E-state index in [1.807, 2.05) is 31.3 Å². The lowest BCUT2D eigenvalue weighted by Crippen LogP contribution is -2.13. The second kappa shape index (κ2) is 9.02. The molecule has 0 radical (unpaired) electrons. The number of rotatable bonds is 6. The van der Waals surface area contributed by atoms with Crippen LogP contribution < -0.4 is 5.56 Å². The lowest BCUT2D eigenvalue weighted by atomic mass is 10.1. The van der Waals surface area contributed by atoms with Crippen LogP contribution in [0.5, 0.6) is 0 Å². The number of aromatic amines is 1. The quantitative estimate of drug-likeness (QED) is 0.601. The van der Waals surface area contributed by atoms with Crippen molar-refractivity contribution in [1.29, 1.82) is 0 Å². The molecule has 0 aliphatic carbocycles. The van der Waals surface area contributed by atoms with Gasteiger partial charge in [0.2, 0.25) is 0 Å². The van der Waals surface area contributed by atoms with Gasteiger partial charge in [-0.15, -0.1) is 23.7 Å². The number of hydrogen-bond acceptors (Lipinski definition) is 2. The Morgan fingerprint density at radius 3 is 2.52 bits per heavy atom. The Labute approximate surface area is 159 Å². The van der Waals surface area contributed by atoms with E-state index in [-0.39, 0.29) is 18.0 Å². The standard InChI is InChI=1S/C21H23NOS.ClH/c1-3-17-14-19(15(2)22-21(17)23)20-13-12-18(24-20)11-7-10-16-8-5-4-6-9-16;/h4-6,8-9,12-14H,3,7,10-11H2,1-2H3,(H,22,23);1H. The van der Waals surface area contributed by atoms with E-state index in [1.54, 1.807) is 0 Å². The van der Waals surface area contributed by atoms with Crippen LogP contribution in [0.2, 0.25) is 0 Å². The van der Waals surface area contributed by atoms with Crippen molar-refractivity contribution in [3.8, 4) is 10.4 Å². The van der Waals surface area contributed by atoms with Crippen molar-refractivity contribution < 1.29 is 0 Å². The molecule has 3 rings (SSSR count). The molecule has 0 fully saturated rings. The molecule has 4 heteroatoms. The van der Waals surface area contributed by atoms with E-state index in [0.29, 0.717) is 0 Å². The van der Waals surface area contributed by atoms with Gasteiger partial charge in [-0.05, 0) is 56.4 Å². The minimum absolute atomic E-state index is 0. The van der Waals surface area contributed by atoms with Crippen LogP contribution in [0.4, 0.5) is 0 Å². The minimum atomic E-state index is 0. The summed E-state index contributed by atoms with van der Waals surface area (Å²) >= 11 is 1.84. The largest absolute Gasteiger partial charge is 0.326 e. The molecular formula is C21H24ClNOS. The summed E-state index contributed by atoms with van der Waals surface area (Å²) in [5.41, 5.74) is 4.41. The fourth-order valence-corrected chi connectivity index (χ4v) is 4.08. The van der Waals surface area contributed by atoms with Crippen molar-refractivity contribution in [2.24, 2.45) is 0 Å². The Hall–Kier alpha value is -1.84. The predicted molar refractivity (Wildman–Crippen MR) is 110 cm³/mol. The molecule has 0 atom stereocenters. The molecule has 0 aliphatic rings. The molecule has 1 N–H and O–H groups in total. The van der Waals surface area contributed by atoms with Crippen molar-refractivity contribution >= 4 is 23.7 Å². The molecule has 1 aromatic carbocycles. The van der Waals surface area contributed by atoms with Gasteiger partial charge in [0.25, 0.3) is 5.56 Å². The molecular weight excluding hydrogens is 350 g/mol. The summed E-state index contributed by atoms with van der Waals surface area (Å²) in [5.74, 6) is 0. The van der Waals surface area contributed by atoms with E-state index >= 15 is 0 Å². The van der Waals surface area contributed by atoms with E-state index < -0.39 is 0 Å². The van der Waals surface area contributed by atoms with E-state index in [0.717, 1.165) is 42.5 Å². The van der Waals surface area contributed by atoms with E-state index in [1.165, 1.54) is 15.3 Å². The molecule has 0 saturated heterocycles. The van der Waals surface area contributed by atoms with Crippen LogP contribution in [0.3, 0.4) is 0 Å². The number of halogens is 1. The van der Waals surface area contributed by atoms with Gasteiger partial charge in [-0.25, -0.2) is 0 Å². The first-order valence-corrected chi connectivity index (χ1v) is 9.35. The SMILES string of the molecule is CCc1cc(-c2ccc(CCCc3ccccc3)s2)c(C)[nH]c1=O.Cl. The number of benzene rings is 1. The Kier molecular flexibility index (Phi) is 7.03. The summed E-state index contributed by atoms with van der Waals surface area (Å²) in [6.45, 7) is 4.00. The van der Waals surface area contributed by atoms with Gasteiger partial charge in [-0.1, -0.05) is 37.3 Å². The van der Waals surface area contributed by atoms with Crippen LogP contribution in [0.15, 0.2) is 53.3 Å². The van der Waals surface area contributed by atoms with E-state index in [4.69, 9.17) is 0 Å². The van der Waals surface area contributed by atoms with Crippen LogP contribution in [0, 0.1) is 6.92 Å². The predicted octanol–water partition coefficient (Wildman–Crippen LogP) is 5.57. The van der Waals surface area contributed by atoms with Crippen molar-refractivity contribution in [3.63, 3.8) is 0 Å². The highest BCUT2D eigenvalue weighted by molar-refractivity contribution is 7.15. The molecule has 0 aliphatic heterocycles. The molecule has 0 spiro atoms. The first-order chi connectivity index (χ1) is 11.7. The molecule has 0 amide bonds. The Balaban J connectivity index is 0.00000225. The summed E-state index contributed by atoms with van der Waals surface area (Å²) in [6, 6.07) is 17.1. The van der Waals surface area contributed by atoms with Gasteiger partial charge in [0.15, 0.2) is 0 Å². The van der Waals surface area contributed by atoms with Crippen LogP contribution in [-0.2, 0) is 19.3 Å². The molecule has 0 saturated carbocycles. The molecule has 0 bridgehead atoms. The molecule has 3 aromatic rings. The zero-order chi connectivity index (χ0) is 16.9. The minimum Gasteiger partial charge on any atom is -0.326 e. The fraction of sp³-hybridized carbons (Fsp3) is 0.286. The average Bonchev–Trinajstić information content (AvgIpc) is 3.04. The second-order valence-electron chi connectivity index (χ2n) is 6.12. The monoisotopic (exact) mass is 373 g/mol. The van der Waals surface area contributed by atoms with Crippen molar-refractivity contribution in [3.05, 3.63) is 80.6 Å². The van der Waals surface area contributed by atoms with Crippen LogP contribution in [-0.4, -0.2) is 4.98 Å². The van der Waals surface area contributed by atoms with Crippen LogP contribution in [0.1, 0.15) is 35.0 Å². The molecule has 2 heterocycles. The van der Waals surface area contributed by atoms with E-state index in [2.05, 4.69) is 47.4 Å². The number of thiophene rings is 1. The highest BCUT2D eigenvalue weighted by Gasteiger charge is 2.09. The number of aromatic nitrogens is 1. The lowest BCUT2D eigenvalue weighted by molar-refractivity contribution is 0.831. The maximum atomic E-state index is 11.9. The smallest absolute Gasteiger partial charge is 0.251 e. The van der Waals surface area contributed by atoms with Crippen molar-refractivity contribution in [2.45, 2.75) is 39.5 Å². The molecule has 2 aromatic heterocycles. The van der Waals surface area contributed by atoms with Gasteiger partial charge < -0.3 is 4.98 Å². The lowest BCUT2D eigenvalue weighted by Gasteiger charge is -2.05. The van der Waals surface area contributed by atoms with Gasteiger partial charge in [0, 0.05) is 26.6 Å². The third-order valence-electron chi connectivity index (χ3n) is 4.35. The summed E-state index contributed by atoms with van der Waals surface area (Å²) in [4.78, 5) is 17.5.